The standard InChI is InChI=1S/C61H50BN3/c1-59(2)48-22-14-24-52-56(48)62-57-49(59)23-15-25-53(57)64(46-30-27-41-19-9-11-21-43(41)35-46)55-38-47(37-54(58(55)62)63(52)45-29-26-40-18-8-10-20-42(40)34-45)65-51-31-28-44(39-16-6-5-7-17-39)36-50(51)60(3)32-12-13-33-61(60,65)4/h5-11,14-31,34-38H,12-13,32-33H2,1-4H3. The second kappa shape index (κ2) is 13.0. The third-order valence-electron chi connectivity index (χ3n) is 16.9. The summed E-state index contributed by atoms with van der Waals surface area (Å²) < 4.78 is 0. The largest absolute Gasteiger partial charge is 0.334 e. The van der Waals surface area contributed by atoms with E-state index in [-0.39, 0.29) is 23.1 Å². The molecule has 1 fully saturated rings. The van der Waals surface area contributed by atoms with E-state index in [0.717, 1.165) is 6.42 Å². The Morgan fingerprint density at radius 3 is 1.54 bits per heavy atom. The lowest BCUT2D eigenvalue weighted by Gasteiger charge is -2.52. The van der Waals surface area contributed by atoms with E-state index in [1.807, 2.05) is 0 Å². The van der Waals surface area contributed by atoms with Gasteiger partial charge in [0.25, 0.3) is 6.71 Å². The van der Waals surface area contributed by atoms with Gasteiger partial charge in [-0.3, -0.25) is 0 Å². The van der Waals surface area contributed by atoms with Crippen LogP contribution >= 0.6 is 0 Å². The molecule has 1 saturated carbocycles. The molecule has 0 amide bonds. The van der Waals surface area contributed by atoms with Gasteiger partial charge in [0, 0.05) is 56.3 Å². The van der Waals surface area contributed by atoms with Crippen molar-refractivity contribution >= 4 is 90.1 Å². The zero-order chi connectivity index (χ0) is 43.4. The lowest BCUT2D eigenvalue weighted by atomic mass is 9.28. The summed E-state index contributed by atoms with van der Waals surface area (Å²) in [5, 5.41) is 5.02. The molecule has 14 rings (SSSR count). The molecule has 4 aliphatic heterocycles. The monoisotopic (exact) mass is 835 g/mol. The van der Waals surface area contributed by atoms with Crippen LogP contribution in [0.5, 0.6) is 0 Å². The molecule has 2 unspecified atom stereocenters. The molecule has 5 aliphatic rings. The topological polar surface area (TPSA) is 9.72 Å². The molecule has 0 bridgehead atoms. The number of fused-ring (bicyclic) bond motifs is 5. The smallest absolute Gasteiger partial charge is 0.252 e. The summed E-state index contributed by atoms with van der Waals surface area (Å²) in [5.41, 5.74) is 20.9. The number of anilines is 8. The number of benzene rings is 9. The van der Waals surface area contributed by atoms with Crippen LogP contribution in [-0.2, 0) is 10.8 Å². The third kappa shape index (κ3) is 4.87. The summed E-state index contributed by atoms with van der Waals surface area (Å²) in [6.07, 6.45) is 4.76. The van der Waals surface area contributed by atoms with Gasteiger partial charge in [0.2, 0.25) is 0 Å². The fourth-order valence-corrected chi connectivity index (χ4v) is 13.6. The molecule has 0 spiro atoms. The van der Waals surface area contributed by atoms with Crippen LogP contribution in [0.25, 0.3) is 32.7 Å². The molecule has 0 N–H and O–H groups in total. The Labute approximate surface area is 382 Å². The number of hydrogen-bond acceptors (Lipinski definition) is 3. The molecule has 9 aromatic rings. The lowest BCUT2D eigenvalue weighted by Crippen LogP contribution is -2.67. The summed E-state index contributed by atoms with van der Waals surface area (Å²) >= 11 is 0. The van der Waals surface area contributed by atoms with E-state index in [1.165, 1.54) is 131 Å². The van der Waals surface area contributed by atoms with E-state index in [2.05, 4.69) is 224 Å². The highest BCUT2D eigenvalue weighted by Crippen LogP contribution is 2.62. The maximum absolute atomic E-state index is 2.80. The van der Waals surface area contributed by atoms with E-state index in [9.17, 15) is 0 Å². The summed E-state index contributed by atoms with van der Waals surface area (Å²) in [6.45, 7) is 10.1. The molecule has 4 heteroatoms. The van der Waals surface area contributed by atoms with Crippen LogP contribution in [0.1, 0.15) is 70.1 Å². The van der Waals surface area contributed by atoms with Crippen LogP contribution in [-0.4, -0.2) is 12.3 Å². The van der Waals surface area contributed by atoms with Crippen molar-refractivity contribution in [1.82, 2.24) is 0 Å². The van der Waals surface area contributed by atoms with E-state index in [4.69, 9.17) is 0 Å². The molecule has 0 aromatic heterocycles. The average molecular weight is 836 g/mol. The number of hydrogen-bond donors (Lipinski definition) is 0. The molecule has 3 nitrogen and oxygen atoms in total. The van der Waals surface area contributed by atoms with Crippen LogP contribution in [0.4, 0.5) is 45.5 Å². The second-order valence-electron chi connectivity index (χ2n) is 20.4. The van der Waals surface area contributed by atoms with Gasteiger partial charge in [-0.05, 0) is 146 Å². The first-order valence-electron chi connectivity index (χ1n) is 23.8. The molecule has 65 heavy (non-hydrogen) atoms. The minimum atomic E-state index is -0.204. The van der Waals surface area contributed by atoms with Crippen molar-refractivity contribution in [3.05, 3.63) is 199 Å². The van der Waals surface area contributed by atoms with Crippen LogP contribution in [0.3, 0.4) is 0 Å². The molecule has 9 aromatic carbocycles. The SMILES string of the molecule is CC1(C)c2cccc3c2B2c4c(cc(N5c6ccc(-c7ccccc7)cc6C6(C)CCCCC56C)cc4N(c4ccc5ccccc5c4)c4cccc1c42)N3c1ccc2ccccc2c1. The molecule has 2 atom stereocenters. The maximum atomic E-state index is 2.80. The number of rotatable bonds is 4. The van der Waals surface area contributed by atoms with Gasteiger partial charge in [0.05, 0.1) is 5.54 Å². The third-order valence-corrected chi connectivity index (χ3v) is 16.9. The zero-order valence-electron chi connectivity index (χ0n) is 37.6. The van der Waals surface area contributed by atoms with Gasteiger partial charge >= 0.3 is 0 Å². The van der Waals surface area contributed by atoms with E-state index >= 15 is 0 Å². The summed E-state index contributed by atoms with van der Waals surface area (Å²) in [6, 6.07) is 69.6. The van der Waals surface area contributed by atoms with Crippen LogP contribution in [0.2, 0.25) is 0 Å². The fraction of sp³-hybridized carbons (Fsp3) is 0.180. The van der Waals surface area contributed by atoms with Crippen LogP contribution in [0, 0.1) is 0 Å². The average Bonchev–Trinajstić information content (AvgIpc) is 3.55. The van der Waals surface area contributed by atoms with Gasteiger partial charge in [0.15, 0.2) is 0 Å². The molecular formula is C61H50BN3. The molecule has 0 saturated heterocycles. The van der Waals surface area contributed by atoms with E-state index in [0.29, 0.717) is 0 Å². The maximum Gasteiger partial charge on any atom is 0.252 e. The zero-order valence-corrected chi connectivity index (χ0v) is 37.6. The first kappa shape index (κ1) is 37.4. The van der Waals surface area contributed by atoms with Gasteiger partial charge in [-0.2, -0.15) is 0 Å². The van der Waals surface area contributed by atoms with E-state index in [1.54, 1.807) is 0 Å². The van der Waals surface area contributed by atoms with Gasteiger partial charge in [0.1, 0.15) is 0 Å². The van der Waals surface area contributed by atoms with Crippen molar-refractivity contribution in [2.45, 2.75) is 69.7 Å². The van der Waals surface area contributed by atoms with Crippen molar-refractivity contribution in [3.8, 4) is 11.1 Å². The number of nitrogens with zero attached hydrogens (tertiary/aromatic N) is 3. The quantitative estimate of drug-likeness (QED) is 0.164. The Morgan fingerprint density at radius 1 is 0.385 bits per heavy atom. The van der Waals surface area contributed by atoms with Gasteiger partial charge < -0.3 is 14.7 Å². The predicted molar refractivity (Wildman–Crippen MR) is 276 cm³/mol. The summed E-state index contributed by atoms with van der Waals surface area (Å²) in [4.78, 5) is 8.07. The van der Waals surface area contributed by atoms with Crippen molar-refractivity contribution in [3.63, 3.8) is 0 Å². The minimum absolute atomic E-state index is 0.0352. The fourth-order valence-electron chi connectivity index (χ4n) is 13.6. The highest BCUT2D eigenvalue weighted by atomic mass is 15.3. The van der Waals surface area contributed by atoms with Gasteiger partial charge in [-0.15, -0.1) is 0 Å². The molecule has 1 aliphatic carbocycles. The highest BCUT2D eigenvalue weighted by Gasteiger charge is 2.58. The van der Waals surface area contributed by atoms with Crippen molar-refractivity contribution in [2.75, 3.05) is 14.7 Å². The highest BCUT2D eigenvalue weighted by molar-refractivity contribution is 7.01. The van der Waals surface area contributed by atoms with Gasteiger partial charge in [-0.25, -0.2) is 0 Å². The Bertz CT molecular complexity index is 3340. The minimum Gasteiger partial charge on any atom is -0.334 e. The lowest BCUT2D eigenvalue weighted by molar-refractivity contribution is 0.195. The Hall–Kier alpha value is -7.04. The first-order chi connectivity index (χ1) is 31.7. The first-order valence-corrected chi connectivity index (χ1v) is 23.8. The van der Waals surface area contributed by atoms with Crippen molar-refractivity contribution in [1.29, 1.82) is 0 Å². The Kier molecular flexibility index (Phi) is 7.49. The van der Waals surface area contributed by atoms with Crippen LogP contribution in [0.15, 0.2) is 182 Å². The van der Waals surface area contributed by atoms with Crippen molar-refractivity contribution < 1.29 is 0 Å². The van der Waals surface area contributed by atoms with Gasteiger partial charge in [-0.1, -0.05) is 155 Å². The normalized spacial score (nSPS) is 20.5. The Morgan fingerprint density at radius 2 is 0.938 bits per heavy atom. The van der Waals surface area contributed by atoms with E-state index < -0.39 is 0 Å². The molecule has 4 heterocycles. The Balaban J connectivity index is 1.10. The van der Waals surface area contributed by atoms with Crippen molar-refractivity contribution in [2.24, 2.45) is 0 Å². The van der Waals surface area contributed by atoms with Crippen LogP contribution < -0.4 is 31.1 Å². The summed E-state index contributed by atoms with van der Waals surface area (Å²) in [5.74, 6) is 0. The molecule has 0 radical (unpaired) electrons. The summed E-state index contributed by atoms with van der Waals surface area (Å²) in [7, 11) is 0. The molecule has 312 valence electrons. The predicted octanol–water partition coefficient (Wildman–Crippen LogP) is 14.1. The second-order valence-corrected chi connectivity index (χ2v) is 20.4. The molecular weight excluding hydrogens is 786 g/mol.